The Hall–Kier alpha value is -2.82. The SMILES string of the molecule is CC(=O)OCCCN(CCCOC(C)=O)c1ccc([N+]#N)c(OCCC(C)CCC(C)(C)C)c1. The highest BCUT2D eigenvalue weighted by Gasteiger charge is 2.19. The van der Waals surface area contributed by atoms with E-state index in [-0.39, 0.29) is 11.9 Å². The van der Waals surface area contributed by atoms with Gasteiger partial charge in [-0.25, -0.2) is 0 Å². The molecule has 0 heterocycles. The first-order chi connectivity index (χ1) is 16.0. The van der Waals surface area contributed by atoms with Crippen LogP contribution in [-0.2, 0) is 19.1 Å². The Kier molecular flexibility index (Phi) is 13.0. The van der Waals surface area contributed by atoms with Crippen LogP contribution in [0.5, 0.6) is 5.75 Å². The van der Waals surface area contributed by atoms with Gasteiger partial charge in [-0.1, -0.05) is 34.1 Å². The minimum absolute atomic E-state index is 0.303. The summed E-state index contributed by atoms with van der Waals surface area (Å²) in [6.07, 6.45) is 4.53. The Morgan fingerprint density at radius 1 is 1.00 bits per heavy atom. The van der Waals surface area contributed by atoms with E-state index in [1.54, 1.807) is 6.07 Å². The highest BCUT2D eigenvalue weighted by Crippen LogP contribution is 2.33. The average Bonchev–Trinajstić information content (AvgIpc) is 2.75. The van der Waals surface area contributed by atoms with Crippen molar-refractivity contribution in [1.29, 1.82) is 5.39 Å². The minimum atomic E-state index is -0.303. The standard InChI is InChI=1S/C26H42N3O5/c1-20(11-13-26(4,5)6)12-18-34-25-19-23(9-10-24(25)28-27)29(14-7-16-32-21(2)30)15-8-17-33-22(3)31/h9-10,19-20H,7-8,11-18H2,1-6H3/q+1. The van der Waals surface area contributed by atoms with Crippen molar-refractivity contribution in [2.45, 2.75) is 73.6 Å². The number of rotatable bonds is 15. The molecule has 0 aliphatic heterocycles. The van der Waals surface area contributed by atoms with Gasteiger partial charge in [0.05, 0.1) is 19.8 Å². The molecule has 8 nitrogen and oxygen atoms in total. The lowest BCUT2D eigenvalue weighted by atomic mass is 9.86. The van der Waals surface area contributed by atoms with Gasteiger partial charge in [-0.05, 0) is 43.1 Å². The number of esters is 2. The maximum atomic E-state index is 11.1. The van der Waals surface area contributed by atoms with Crippen molar-refractivity contribution < 1.29 is 23.8 Å². The van der Waals surface area contributed by atoms with E-state index in [0.29, 0.717) is 68.5 Å². The van der Waals surface area contributed by atoms with Crippen LogP contribution in [0.1, 0.15) is 73.6 Å². The van der Waals surface area contributed by atoms with Gasteiger partial charge in [0.1, 0.15) is 0 Å². The third kappa shape index (κ3) is 13.0. The lowest BCUT2D eigenvalue weighted by Crippen LogP contribution is -2.27. The van der Waals surface area contributed by atoms with Gasteiger partial charge in [-0.2, -0.15) is 0 Å². The molecule has 0 saturated carbocycles. The van der Waals surface area contributed by atoms with Crippen molar-refractivity contribution in [3.63, 3.8) is 0 Å². The predicted octanol–water partition coefficient (Wildman–Crippen LogP) is 6.12. The Morgan fingerprint density at radius 2 is 1.59 bits per heavy atom. The predicted molar refractivity (Wildman–Crippen MR) is 134 cm³/mol. The fraction of sp³-hybridized carbons (Fsp3) is 0.692. The average molecular weight is 477 g/mol. The second-order valence-corrected chi connectivity index (χ2v) is 9.97. The quantitative estimate of drug-likeness (QED) is 0.171. The van der Waals surface area contributed by atoms with E-state index in [2.05, 4.69) is 37.6 Å². The van der Waals surface area contributed by atoms with Gasteiger partial charge in [0.25, 0.3) is 0 Å². The van der Waals surface area contributed by atoms with Gasteiger partial charge >= 0.3 is 17.6 Å². The zero-order chi connectivity index (χ0) is 25.6. The normalized spacial score (nSPS) is 11.9. The van der Waals surface area contributed by atoms with Gasteiger partial charge in [-0.3, -0.25) is 9.59 Å². The number of nitrogens with zero attached hydrogens (tertiary/aromatic N) is 3. The molecule has 0 N–H and O–H groups in total. The van der Waals surface area contributed by atoms with E-state index >= 15 is 0 Å². The van der Waals surface area contributed by atoms with Crippen molar-refractivity contribution in [2.75, 3.05) is 37.8 Å². The van der Waals surface area contributed by atoms with Crippen LogP contribution in [0.2, 0.25) is 0 Å². The number of anilines is 1. The first-order valence-electron chi connectivity index (χ1n) is 12.2. The summed E-state index contributed by atoms with van der Waals surface area (Å²) in [5.41, 5.74) is 1.60. The summed E-state index contributed by atoms with van der Waals surface area (Å²) in [4.78, 5) is 27.6. The van der Waals surface area contributed by atoms with Gasteiger partial charge < -0.3 is 19.1 Å². The molecule has 1 unspecified atom stereocenters. The molecule has 0 spiro atoms. The maximum Gasteiger partial charge on any atom is 0.426 e. The number of ether oxygens (including phenoxy) is 3. The Labute approximate surface area is 204 Å². The lowest BCUT2D eigenvalue weighted by Gasteiger charge is -2.25. The summed E-state index contributed by atoms with van der Waals surface area (Å²) in [5, 5.41) is 9.42. The Balaban J connectivity index is 2.80. The molecule has 34 heavy (non-hydrogen) atoms. The zero-order valence-electron chi connectivity index (χ0n) is 21.8. The fourth-order valence-electron chi connectivity index (χ4n) is 3.40. The number of diazo groups is 1. The smallest absolute Gasteiger partial charge is 0.426 e. The highest BCUT2D eigenvalue weighted by atomic mass is 16.5. The van der Waals surface area contributed by atoms with E-state index in [4.69, 9.17) is 14.2 Å². The molecular weight excluding hydrogens is 434 g/mol. The topological polar surface area (TPSA) is 93.2 Å². The zero-order valence-corrected chi connectivity index (χ0v) is 21.8. The molecule has 8 heteroatoms. The molecule has 0 radical (unpaired) electrons. The third-order valence-corrected chi connectivity index (χ3v) is 5.43. The summed E-state index contributed by atoms with van der Waals surface area (Å²) in [7, 11) is 0. The second kappa shape index (κ2) is 15.2. The van der Waals surface area contributed by atoms with Crippen LogP contribution in [0.15, 0.2) is 18.2 Å². The molecule has 0 aliphatic rings. The molecule has 1 aromatic rings. The molecule has 1 atom stereocenters. The van der Waals surface area contributed by atoms with E-state index in [9.17, 15) is 15.0 Å². The van der Waals surface area contributed by atoms with Crippen LogP contribution < -0.4 is 9.64 Å². The van der Waals surface area contributed by atoms with Crippen LogP contribution in [-0.4, -0.2) is 44.8 Å². The fourth-order valence-corrected chi connectivity index (χ4v) is 3.40. The largest absolute Gasteiger partial charge is 0.486 e. The first kappa shape index (κ1) is 29.2. The number of carbonyl (C=O) groups is 2. The molecular formula is C26H42N3O5+. The van der Waals surface area contributed by atoms with E-state index in [1.165, 1.54) is 13.8 Å². The molecule has 0 fully saturated rings. The first-order valence-corrected chi connectivity index (χ1v) is 12.2. The van der Waals surface area contributed by atoms with Gasteiger partial charge in [-0.15, -0.1) is 0 Å². The molecule has 0 bridgehead atoms. The summed E-state index contributed by atoms with van der Waals surface area (Å²) >= 11 is 0. The van der Waals surface area contributed by atoms with Crippen molar-refractivity contribution in [3.8, 4) is 5.75 Å². The van der Waals surface area contributed by atoms with Crippen LogP contribution in [0, 0.1) is 16.7 Å². The van der Waals surface area contributed by atoms with Gasteiger partial charge in [0.2, 0.25) is 11.1 Å². The molecule has 190 valence electrons. The van der Waals surface area contributed by atoms with E-state index < -0.39 is 0 Å². The number of benzene rings is 1. The summed E-state index contributed by atoms with van der Waals surface area (Å²) in [6, 6.07) is 5.46. The van der Waals surface area contributed by atoms with E-state index in [0.717, 1.165) is 24.9 Å². The molecule has 0 aliphatic carbocycles. The van der Waals surface area contributed by atoms with Crippen LogP contribution in [0.4, 0.5) is 11.4 Å². The van der Waals surface area contributed by atoms with Gasteiger partial charge in [0.15, 0.2) is 4.98 Å². The van der Waals surface area contributed by atoms with Crippen LogP contribution in [0.25, 0.3) is 4.98 Å². The second-order valence-electron chi connectivity index (χ2n) is 9.97. The van der Waals surface area contributed by atoms with E-state index in [1.807, 2.05) is 12.1 Å². The van der Waals surface area contributed by atoms with Crippen LogP contribution in [0.3, 0.4) is 0 Å². The number of hydrogen-bond acceptors (Lipinski definition) is 7. The number of hydrogen-bond donors (Lipinski definition) is 0. The number of carbonyl (C=O) groups excluding carboxylic acids is 2. The minimum Gasteiger partial charge on any atom is -0.486 e. The lowest BCUT2D eigenvalue weighted by molar-refractivity contribution is -0.141. The molecule has 1 aromatic carbocycles. The van der Waals surface area contributed by atoms with Crippen molar-refractivity contribution in [1.82, 2.24) is 0 Å². The summed E-state index contributed by atoms with van der Waals surface area (Å²) < 4.78 is 16.1. The van der Waals surface area contributed by atoms with Gasteiger partial charge in [0, 0.05) is 44.8 Å². The highest BCUT2D eigenvalue weighted by molar-refractivity contribution is 5.66. The molecule has 1 rings (SSSR count). The Bertz CT molecular complexity index is 792. The molecule has 0 aromatic heterocycles. The van der Waals surface area contributed by atoms with Crippen molar-refractivity contribution in [2.24, 2.45) is 11.3 Å². The summed E-state index contributed by atoms with van der Waals surface area (Å²) in [5.74, 6) is 0.453. The molecule has 0 saturated heterocycles. The van der Waals surface area contributed by atoms with Crippen molar-refractivity contribution >= 4 is 23.3 Å². The monoisotopic (exact) mass is 476 g/mol. The third-order valence-electron chi connectivity index (χ3n) is 5.43. The Morgan fingerprint density at radius 3 is 2.09 bits per heavy atom. The maximum absolute atomic E-state index is 11.1. The van der Waals surface area contributed by atoms with Crippen molar-refractivity contribution in [3.05, 3.63) is 23.2 Å². The molecule has 0 amide bonds. The van der Waals surface area contributed by atoms with Crippen LogP contribution >= 0.6 is 0 Å². The summed E-state index contributed by atoms with van der Waals surface area (Å²) in [6.45, 7) is 14.3.